The van der Waals surface area contributed by atoms with Gasteiger partial charge in [0.1, 0.15) is 19.6 Å². The van der Waals surface area contributed by atoms with E-state index in [2.05, 4.69) is 10.9 Å². The van der Waals surface area contributed by atoms with Crippen molar-refractivity contribution in [2.75, 3.05) is 24.7 Å². The second kappa shape index (κ2) is 11.7. The molecule has 2 rings (SSSR count). The SMILES string of the molecule is Cc1ccc2cc(C(C)C(=O)CC(=O)OCCSSCCO[N+](=O)[O-])ccc2c1. The van der Waals surface area contributed by atoms with Gasteiger partial charge in [0.2, 0.25) is 0 Å². The summed E-state index contributed by atoms with van der Waals surface area (Å²) in [5.41, 5.74) is 2.06. The van der Waals surface area contributed by atoms with Gasteiger partial charge in [-0.3, -0.25) is 9.59 Å². The summed E-state index contributed by atoms with van der Waals surface area (Å²) in [6.07, 6.45) is -0.262. The van der Waals surface area contributed by atoms with E-state index < -0.39 is 11.1 Å². The van der Waals surface area contributed by atoms with Crippen LogP contribution in [0.15, 0.2) is 36.4 Å². The third-order valence-corrected chi connectivity index (χ3v) is 6.53. The lowest BCUT2D eigenvalue weighted by Gasteiger charge is -2.12. The zero-order valence-electron chi connectivity index (χ0n) is 16.3. The number of hydrogen-bond acceptors (Lipinski definition) is 8. The molecule has 1 atom stereocenters. The van der Waals surface area contributed by atoms with E-state index in [4.69, 9.17) is 4.74 Å². The van der Waals surface area contributed by atoms with Crippen molar-refractivity contribution < 1.29 is 24.3 Å². The van der Waals surface area contributed by atoms with E-state index in [1.54, 1.807) is 6.92 Å². The van der Waals surface area contributed by atoms with Gasteiger partial charge in [-0.15, -0.1) is 10.1 Å². The highest BCUT2D eigenvalue weighted by atomic mass is 33.1. The second-order valence-corrected chi connectivity index (χ2v) is 9.10. The maximum absolute atomic E-state index is 12.4. The lowest BCUT2D eigenvalue weighted by atomic mass is 9.92. The molecule has 0 spiro atoms. The molecule has 2 aromatic rings. The highest BCUT2D eigenvalue weighted by molar-refractivity contribution is 8.76. The molecule has 7 nitrogen and oxygen atoms in total. The Hall–Kier alpha value is -2.26. The van der Waals surface area contributed by atoms with Crippen molar-refractivity contribution in [1.82, 2.24) is 0 Å². The van der Waals surface area contributed by atoms with E-state index >= 15 is 0 Å². The summed E-state index contributed by atoms with van der Waals surface area (Å²) in [4.78, 5) is 38.5. The molecular formula is C20H23NO6S2. The number of carbonyl (C=O) groups excluding carboxylic acids is 2. The molecule has 0 saturated heterocycles. The largest absolute Gasteiger partial charge is 0.464 e. The number of esters is 1. The van der Waals surface area contributed by atoms with Crippen molar-refractivity contribution in [3.63, 3.8) is 0 Å². The van der Waals surface area contributed by atoms with Crippen LogP contribution < -0.4 is 0 Å². The molecule has 0 N–H and O–H groups in total. The van der Waals surface area contributed by atoms with Crippen LogP contribution in [0.5, 0.6) is 0 Å². The average molecular weight is 438 g/mol. The van der Waals surface area contributed by atoms with Crippen molar-refractivity contribution in [2.45, 2.75) is 26.2 Å². The van der Waals surface area contributed by atoms with Gasteiger partial charge in [0.05, 0.1) is 0 Å². The number of nitrogens with zero attached hydrogens (tertiary/aromatic N) is 1. The van der Waals surface area contributed by atoms with E-state index in [0.717, 1.165) is 16.3 Å². The summed E-state index contributed by atoms with van der Waals surface area (Å²) >= 11 is 0. The minimum atomic E-state index is -0.830. The van der Waals surface area contributed by atoms with Crippen LogP contribution in [0.25, 0.3) is 10.8 Å². The molecule has 0 bridgehead atoms. The third kappa shape index (κ3) is 7.94. The highest BCUT2D eigenvalue weighted by Gasteiger charge is 2.19. The first-order valence-corrected chi connectivity index (χ1v) is 11.6. The van der Waals surface area contributed by atoms with E-state index in [1.165, 1.54) is 27.2 Å². The molecule has 0 aliphatic heterocycles. The molecule has 0 aromatic heterocycles. The lowest BCUT2D eigenvalue weighted by molar-refractivity contribution is -0.756. The summed E-state index contributed by atoms with van der Waals surface area (Å²) in [7, 11) is 2.82. The number of fused-ring (bicyclic) bond motifs is 1. The topological polar surface area (TPSA) is 95.7 Å². The zero-order chi connectivity index (χ0) is 21.2. The maximum atomic E-state index is 12.4. The van der Waals surface area contributed by atoms with Crippen molar-refractivity contribution in [1.29, 1.82) is 0 Å². The molecular weight excluding hydrogens is 414 g/mol. The Kier molecular flexibility index (Phi) is 9.27. The fraction of sp³-hybridized carbons (Fsp3) is 0.400. The van der Waals surface area contributed by atoms with Gasteiger partial charge in [-0.05, 0) is 23.3 Å². The quantitative estimate of drug-likeness (QED) is 0.121. The molecule has 2 aromatic carbocycles. The van der Waals surface area contributed by atoms with Crippen LogP contribution in [0.1, 0.15) is 30.4 Å². The summed E-state index contributed by atoms with van der Waals surface area (Å²) in [5, 5.41) is 11.3. The Balaban J connectivity index is 1.71. The summed E-state index contributed by atoms with van der Waals surface area (Å²) in [6.45, 7) is 4.03. The minimum absolute atomic E-state index is 0.0191. The molecule has 156 valence electrons. The van der Waals surface area contributed by atoms with Gasteiger partial charge in [-0.1, -0.05) is 70.5 Å². The van der Waals surface area contributed by atoms with Gasteiger partial charge in [0, 0.05) is 17.4 Å². The highest BCUT2D eigenvalue weighted by Crippen LogP contribution is 2.24. The van der Waals surface area contributed by atoms with Gasteiger partial charge >= 0.3 is 5.97 Å². The van der Waals surface area contributed by atoms with Crippen LogP contribution in [-0.2, 0) is 19.2 Å². The van der Waals surface area contributed by atoms with Crippen molar-refractivity contribution in [3.8, 4) is 0 Å². The van der Waals surface area contributed by atoms with Gasteiger partial charge in [-0.25, -0.2) is 0 Å². The first kappa shape index (κ1) is 23.0. The molecule has 0 aliphatic carbocycles. The number of benzene rings is 2. The van der Waals surface area contributed by atoms with Crippen LogP contribution >= 0.6 is 21.6 Å². The molecule has 0 radical (unpaired) electrons. The van der Waals surface area contributed by atoms with Gasteiger partial charge in [0.15, 0.2) is 5.78 Å². The second-order valence-electron chi connectivity index (χ2n) is 6.40. The lowest BCUT2D eigenvalue weighted by Crippen LogP contribution is -2.17. The van der Waals surface area contributed by atoms with Gasteiger partial charge in [0.25, 0.3) is 5.09 Å². The van der Waals surface area contributed by atoms with Gasteiger partial charge < -0.3 is 9.57 Å². The standard InChI is InChI=1S/C20H23NO6S2/c1-14-3-4-18-12-16(5-6-17(18)11-14)15(2)19(22)13-20(23)26-7-9-28-29-10-8-27-21(24)25/h3-6,11-12,15H,7-10,13H2,1-2H3. The summed E-state index contributed by atoms with van der Waals surface area (Å²) in [6, 6.07) is 12.0. The molecule has 1 unspecified atom stereocenters. The number of aryl methyl sites for hydroxylation is 1. The van der Waals surface area contributed by atoms with E-state index in [0.29, 0.717) is 11.5 Å². The third-order valence-electron chi connectivity index (χ3n) is 4.20. The van der Waals surface area contributed by atoms with Crippen LogP contribution in [0.2, 0.25) is 0 Å². The van der Waals surface area contributed by atoms with Crippen LogP contribution in [0, 0.1) is 17.0 Å². The van der Waals surface area contributed by atoms with Crippen LogP contribution in [0.4, 0.5) is 0 Å². The molecule has 0 amide bonds. The smallest absolute Gasteiger partial charge is 0.313 e. The Morgan fingerprint density at radius 2 is 1.72 bits per heavy atom. The first-order valence-electron chi connectivity index (χ1n) is 9.07. The predicted molar refractivity (Wildman–Crippen MR) is 116 cm³/mol. The Morgan fingerprint density at radius 3 is 2.45 bits per heavy atom. The molecule has 0 aliphatic rings. The minimum Gasteiger partial charge on any atom is -0.464 e. The maximum Gasteiger partial charge on any atom is 0.313 e. The predicted octanol–water partition coefficient (Wildman–Crippen LogP) is 4.34. The average Bonchev–Trinajstić information content (AvgIpc) is 2.68. The molecule has 29 heavy (non-hydrogen) atoms. The fourth-order valence-electron chi connectivity index (χ4n) is 2.64. The number of rotatable bonds is 12. The number of hydrogen-bond donors (Lipinski definition) is 0. The number of ether oxygens (including phenoxy) is 1. The van der Waals surface area contributed by atoms with E-state index in [9.17, 15) is 19.7 Å². The van der Waals surface area contributed by atoms with Crippen molar-refractivity contribution in [2.24, 2.45) is 0 Å². The molecule has 0 heterocycles. The molecule has 0 saturated carbocycles. The number of ketones is 1. The van der Waals surface area contributed by atoms with Crippen molar-refractivity contribution >= 4 is 44.1 Å². The van der Waals surface area contributed by atoms with Crippen LogP contribution in [0.3, 0.4) is 0 Å². The molecule has 9 heteroatoms. The van der Waals surface area contributed by atoms with E-state index in [-0.39, 0.29) is 31.3 Å². The Morgan fingerprint density at radius 1 is 1.07 bits per heavy atom. The van der Waals surface area contributed by atoms with E-state index in [1.807, 2.05) is 37.3 Å². The normalized spacial score (nSPS) is 11.8. The summed E-state index contributed by atoms with van der Waals surface area (Å²) < 4.78 is 5.09. The number of carbonyl (C=O) groups is 2. The summed E-state index contributed by atoms with van der Waals surface area (Å²) in [5.74, 6) is -0.121. The zero-order valence-corrected chi connectivity index (χ0v) is 17.9. The molecule has 0 fully saturated rings. The number of Topliss-reactive ketones (excluding diaryl/α,β-unsaturated/α-hetero) is 1. The monoisotopic (exact) mass is 437 g/mol. The Bertz CT molecular complexity index is 873. The van der Waals surface area contributed by atoms with Gasteiger partial charge in [-0.2, -0.15) is 0 Å². The van der Waals surface area contributed by atoms with Crippen LogP contribution in [-0.4, -0.2) is 41.6 Å². The Labute approximate surface area is 177 Å². The first-order chi connectivity index (χ1) is 13.9. The fourth-order valence-corrected chi connectivity index (χ4v) is 4.28. The van der Waals surface area contributed by atoms with Crippen molar-refractivity contribution in [3.05, 3.63) is 57.6 Å².